The minimum absolute atomic E-state index is 0.589. The number of hydrogen-bond donors (Lipinski definition) is 2. The third-order valence-corrected chi connectivity index (χ3v) is 4.60. The lowest BCUT2D eigenvalue weighted by Gasteiger charge is -2.12. The first-order valence-corrected chi connectivity index (χ1v) is 9.66. The van der Waals surface area contributed by atoms with Gasteiger partial charge >= 0.3 is 0 Å². The predicted molar refractivity (Wildman–Crippen MR) is 114 cm³/mol. The lowest BCUT2D eigenvalue weighted by atomic mass is 10.1. The SMILES string of the molecule is COc1ncc(-c2cnn(C)c2)cc1NCCCNCCc1ccc(C#N)cc1. The molecule has 2 N–H and O–H groups in total. The molecule has 0 spiro atoms. The molecule has 150 valence electrons. The molecule has 0 atom stereocenters. The van der Waals surface area contributed by atoms with Gasteiger partial charge in [-0.25, -0.2) is 4.98 Å². The summed E-state index contributed by atoms with van der Waals surface area (Å²) in [6, 6.07) is 11.9. The van der Waals surface area contributed by atoms with E-state index in [1.807, 2.05) is 49.8 Å². The zero-order valence-corrected chi connectivity index (χ0v) is 16.9. The van der Waals surface area contributed by atoms with Crippen molar-refractivity contribution in [3.8, 4) is 23.1 Å². The average Bonchev–Trinajstić information content (AvgIpc) is 3.19. The quantitative estimate of drug-likeness (QED) is 0.518. The summed E-state index contributed by atoms with van der Waals surface area (Å²) >= 11 is 0. The van der Waals surface area contributed by atoms with Crippen LogP contribution in [0.5, 0.6) is 5.88 Å². The van der Waals surface area contributed by atoms with Crippen LogP contribution in [0.2, 0.25) is 0 Å². The molecule has 29 heavy (non-hydrogen) atoms. The van der Waals surface area contributed by atoms with Gasteiger partial charge in [-0.2, -0.15) is 10.4 Å². The number of pyridine rings is 1. The van der Waals surface area contributed by atoms with E-state index in [0.29, 0.717) is 11.4 Å². The molecule has 0 saturated carbocycles. The smallest absolute Gasteiger partial charge is 0.237 e. The fraction of sp³-hybridized carbons (Fsp3) is 0.318. The summed E-state index contributed by atoms with van der Waals surface area (Å²) in [7, 11) is 3.52. The second-order valence-electron chi connectivity index (χ2n) is 6.77. The van der Waals surface area contributed by atoms with Crippen LogP contribution in [0, 0.1) is 11.3 Å². The zero-order valence-electron chi connectivity index (χ0n) is 16.9. The molecule has 1 aromatic carbocycles. The Bertz CT molecular complexity index is 958. The minimum Gasteiger partial charge on any atom is -0.480 e. The standard InChI is InChI=1S/C22H26N6O/c1-28-16-20(15-27-28)19-12-21(22(29-2)26-14-19)25-10-3-9-24-11-8-17-4-6-18(13-23)7-5-17/h4-7,12,14-16,24-25H,3,8-11H2,1-2H3. The summed E-state index contributed by atoms with van der Waals surface area (Å²) in [6.07, 6.45) is 7.51. The number of methoxy groups -OCH3 is 1. The van der Waals surface area contributed by atoms with Crippen LogP contribution in [-0.2, 0) is 13.5 Å². The number of nitrogens with one attached hydrogen (secondary N) is 2. The first-order valence-electron chi connectivity index (χ1n) is 9.66. The van der Waals surface area contributed by atoms with Crippen molar-refractivity contribution >= 4 is 5.69 Å². The van der Waals surface area contributed by atoms with Crippen molar-refractivity contribution < 1.29 is 4.74 Å². The van der Waals surface area contributed by atoms with Gasteiger partial charge in [-0.3, -0.25) is 4.68 Å². The highest BCUT2D eigenvalue weighted by atomic mass is 16.5. The molecule has 3 aromatic rings. The fourth-order valence-corrected chi connectivity index (χ4v) is 3.01. The van der Waals surface area contributed by atoms with Crippen LogP contribution in [0.3, 0.4) is 0 Å². The van der Waals surface area contributed by atoms with E-state index in [0.717, 1.165) is 49.3 Å². The Balaban J connectivity index is 1.42. The molecule has 0 amide bonds. The summed E-state index contributed by atoms with van der Waals surface area (Å²) in [5.74, 6) is 0.589. The van der Waals surface area contributed by atoms with Crippen molar-refractivity contribution in [2.24, 2.45) is 7.05 Å². The summed E-state index contributed by atoms with van der Waals surface area (Å²) in [5, 5.41) is 19.9. The fourth-order valence-electron chi connectivity index (χ4n) is 3.01. The normalized spacial score (nSPS) is 10.5. The Labute approximate surface area is 171 Å². The highest BCUT2D eigenvalue weighted by Crippen LogP contribution is 2.27. The monoisotopic (exact) mass is 390 g/mol. The third kappa shape index (κ3) is 5.80. The molecule has 3 rings (SSSR count). The number of ether oxygens (including phenoxy) is 1. The van der Waals surface area contributed by atoms with Crippen molar-refractivity contribution in [2.45, 2.75) is 12.8 Å². The van der Waals surface area contributed by atoms with Gasteiger partial charge in [-0.15, -0.1) is 0 Å². The average molecular weight is 390 g/mol. The number of hydrogen-bond acceptors (Lipinski definition) is 6. The molecule has 2 heterocycles. The highest BCUT2D eigenvalue weighted by Gasteiger charge is 2.08. The number of anilines is 1. The van der Waals surface area contributed by atoms with Gasteiger partial charge < -0.3 is 15.4 Å². The number of aryl methyl sites for hydroxylation is 1. The molecule has 0 aliphatic heterocycles. The maximum Gasteiger partial charge on any atom is 0.237 e. The molecule has 0 bridgehead atoms. The molecule has 0 fully saturated rings. The van der Waals surface area contributed by atoms with Gasteiger partial charge in [0, 0.05) is 37.1 Å². The van der Waals surface area contributed by atoms with Crippen LogP contribution >= 0.6 is 0 Å². The lowest BCUT2D eigenvalue weighted by molar-refractivity contribution is 0.400. The second kappa shape index (κ2) is 10.2. The second-order valence-corrected chi connectivity index (χ2v) is 6.77. The van der Waals surface area contributed by atoms with E-state index in [1.54, 1.807) is 18.0 Å². The Morgan fingerprint density at radius 3 is 2.62 bits per heavy atom. The molecule has 7 heteroatoms. The van der Waals surface area contributed by atoms with Crippen molar-refractivity contribution in [2.75, 3.05) is 32.1 Å². The Morgan fingerprint density at radius 1 is 1.10 bits per heavy atom. The van der Waals surface area contributed by atoms with E-state index in [1.165, 1.54) is 5.56 Å². The maximum absolute atomic E-state index is 8.83. The van der Waals surface area contributed by atoms with Gasteiger partial charge in [-0.1, -0.05) is 12.1 Å². The van der Waals surface area contributed by atoms with Crippen LogP contribution < -0.4 is 15.4 Å². The van der Waals surface area contributed by atoms with Crippen LogP contribution in [0.4, 0.5) is 5.69 Å². The van der Waals surface area contributed by atoms with Gasteiger partial charge in [0.2, 0.25) is 5.88 Å². The van der Waals surface area contributed by atoms with E-state index >= 15 is 0 Å². The molecule has 0 radical (unpaired) electrons. The van der Waals surface area contributed by atoms with E-state index in [2.05, 4.69) is 26.8 Å². The molecule has 2 aromatic heterocycles. The minimum atomic E-state index is 0.589. The summed E-state index contributed by atoms with van der Waals surface area (Å²) in [5.41, 5.74) is 4.84. The van der Waals surface area contributed by atoms with Crippen molar-refractivity contribution in [3.05, 3.63) is 60.0 Å². The number of rotatable bonds is 10. The van der Waals surface area contributed by atoms with Crippen molar-refractivity contribution in [1.29, 1.82) is 5.26 Å². The van der Waals surface area contributed by atoms with Gasteiger partial charge in [0.15, 0.2) is 0 Å². The van der Waals surface area contributed by atoms with E-state index < -0.39 is 0 Å². The first-order chi connectivity index (χ1) is 14.2. The molecule has 7 nitrogen and oxygen atoms in total. The van der Waals surface area contributed by atoms with E-state index in [9.17, 15) is 0 Å². The number of benzene rings is 1. The Kier molecular flexibility index (Phi) is 7.20. The molecule has 0 aliphatic rings. The molecule has 0 saturated heterocycles. The predicted octanol–water partition coefficient (Wildman–Crippen LogP) is 3.00. The van der Waals surface area contributed by atoms with Crippen LogP contribution in [0.15, 0.2) is 48.9 Å². The lowest BCUT2D eigenvalue weighted by Crippen LogP contribution is -2.20. The van der Waals surface area contributed by atoms with E-state index in [-0.39, 0.29) is 0 Å². The van der Waals surface area contributed by atoms with Crippen LogP contribution in [0.1, 0.15) is 17.5 Å². The van der Waals surface area contributed by atoms with Crippen molar-refractivity contribution in [1.82, 2.24) is 20.1 Å². The Morgan fingerprint density at radius 2 is 1.93 bits per heavy atom. The molecule has 0 aliphatic carbocycles. The highest BCUT2D eigenvalue weighted by molar-refractivity contribution is 5.68. The number of aromatic nitrogens is 3. The topological polar surface area (TPSA) is 87.8 Å². The van der Waals surface area contributed by atoms with Gasteiger partial charge in [0.1, 0.15) is 0 Å². The van der Waals surface area contributed by atoms with Crippen molar-refractivity contribution in [3.63, 3.8) is 0 Å². The molecular weight excluding hydrogens is 364 g/mol. The van der Waals surface area contributed by atoms with Crippen LogP contribution in [-0.4, -0.2) is 41.5 Å². The Hall–Kier alpha value is -3.37. The largest absolute Gasteiger partial charge is 0.480 e. The molecule has 0 unspecified atom stereocenters. The van der Waals surface area contributed by atoms with Gasteiger partial charge in [-0.05, 0) is 49.7 Å². The zero-order chi connectivity index (χ0) is 20.5. The number of nitriles is 1. The van der Waals surface area contributed by atoms with Gasteiger partial charge in [0.05, 0.1) is 30.6 Å². The van der Waals surface area contributed by atoms with E-state index in [4.69, 9.17) is 10.00 Å². The number of nitrogens with zero attached hydrogens (tertiary/aromatic N) is 4. The summed E-state index contributed by atoms with van der Waals surface area (Å²) in [4.78, 5) is 4.40. The van der Waals surface area contributed by atoms with Crippen LogP contribution in [0.25, 0.3) is 11.1 Å². The third-order valence-electron chi connectivity index (χ3n) is 4.60. The van der Waals surface area contributed by atoms with Gasteiger partial charge in [0.25, 0.3) is 0 Å². The summed E-state index contributed by atoms with van der Waals surface area (Å²) < 4.78 is 7.15. The molecular formula is C22H26N6O. The summed E-state index contributed by atoms with van der Waals surface area (Å²) in [6.45, 7) is 2.65. The first kappa shape index (κ1) is 20.4. The maximum atomic E-state index is 8.83.